The highest BCUT2D eigenvalue weighted by molar-refractivity contribution is 5.81. The Labute approximate surface area is 108 Å². The molecule has 19 heavy (non-hydrogen) atoms. The van der Waals surface area contributed by atoms with Crippen molar-refractivity contribution < 1.29 is 22.7 Å². The molecule has 0 heterocycles. The number of nitrogens with one attached hydrogen (secondary N) is 1. The van der Waals surface area contributed by atoms with Crippen molar-refractivity contribution in [1.29, 1.82) is 0 Å². The predicted molar refractivity (Wildman–Crippen MR) is 63.0 cm³/mol. The second kappa shape index (κ2) is 4.75. The molecule has 0 unspecified atom stereocenters. The van der Waals surface area contributed by atoms with Crippen LogP contribution in [0.2, 0.25) is 0 Å². The zero-order valence-corrected chi connectivity index (χ0v) is 10.4. The zero-order chi connectivity index (χ0) is 14.1. The van der Waals surface area contributed by atoms with Gasteiger partial charge in [0.05, 0.1) is 7.11 Å². The molecule has 0 radical (unpaired) electrons. The van der Waals surface area contributed by atoms with Crippen LogP contribution >= 0.6 is 0 Å². The van der Waals surface area contributed by atoms with Crippen molar-refractivity contribution in [3.63, 3.8) is 0 Å². The Kier molecular flexibility index (Phi) is 3.43. The van der Waals surface area contributed by atoms with Crippen LogP contribution in [0, 0.1) is 0 Å². The smallest absolute Gasteiger partial charge is 0.471 e. The molecule has 0 bridgehead atoms. The molecule has 2 rings (SSSR count). The molecule has 1 aliphatic carbocycles. The van der Waals surface area contributed by atoms with Gasteiger partial charge >= 0.3 is 12.1 Å². The predicted octanol–water partition coefficient (Wildman–Crippen LogP) is 2.41. The largest absolute Gasteiger partial charge is 0.496 e. The van der Waals surface area contributed by atoms with Crippen LogP contribution in [0.3, 0.4) is 0 Å². The van der Waals surface area contributed by atoms with E-state index in [1.807, 2.05) is 17.4 Å². The van der Waals surface area contributed by atoms with Gasteiger partial charge in [0, 0.05) is 17.5 Å². The SMILES string of the molecule is COc1ccccc1C1(CNC(=O)C(F)(F)F)CC1. The van der Waals surface area contributed by atoms with Gasteiger partial charge in [-0.25, -0.2) is 0 Å². The van der Waals surface area contributed by atoms with Gasteiger partial charge in [0.15, 0.2) is 0 Å². The monoisotopic (exact) mass is 273 g/mol. The minimum atomic E-state index is -4.84. The summed E-state index contributed by atoms with van der Waals surface area (Å²) < 4.78 is 41.7. The van der Waals surface area contributed by atoms with E-state index in [9.17, 15) is 18.0 Å². The lowest BCUT2D eigenvalue weighted by Crippen LogP contribution is -2.40. The Morgan fingerprint density at radius 2 is 2.00 bits per heavy atom. The number of halogens is 3. The van der Waals surface area contributed by atoms with E-state index < -0.39 is 17.5 Å². The molecule has 1 aromatic rings. The topological polar surface area (TPSA) is 38.3 Å². The van der Waals surface area contributed by atoms with E-state index in [0.717, 1.165) is 18.4 Å². The molecule has 0 spiro atoms. The van der Waals surface area contributed by atoms with Crippen molar-refractivity contribution in [2.24, 2.45) is 0 Å². The summed E-state index contributed by atoms with van der Waals surface area (Å²) in [5, 5.41) is 1.96. The van der Waals surface area contributed by atoms with Crippen LogP contribution in [0.5, 0.6) is 5.75 Å². The molecule has 6 heteroatoms. The number of hydrogen-bond acceptors (Lipinski definition) is 2. The molecule has 1 aromatic carbocycles. The molecular weight excluding hydrogens is 259 g/mol. The number of ether oxygens (including phenoxy) is 1. The molecule has 0 aliphatic heterocycles. The molecule has 0 aromatic heterocycles. The summed E-state index contributed by atoms with van der Waals surface area (Å²) in [5.41, 5.74) is 0.424. The third-order valence-electron chi connectivity index (χ3n) is 3.38. The summed E-state index contributed by atoms with van der Waals surface area (Å²) in [4.78, 5) is 10.9. The van der Waals surface area contributed by atoms with E-state index in [1.54, 1.807) is 12.1 Å². The third kappa shape index (κ3) is 2.83. The summed E-state index contributed by atoms with van der Waals surface area (Å²) in [6.07, 6.45) is -3.35. The van der Waals surface area contributed by atoms with Gasteiger partial charge < -0.3 is 10.1 Å². The summed E-state index contributed by atoms with van der Waals surface area (Å²) >= 11 is 0. The molecule has 0 atom stereocenters. The van der Waals surface area contributed by atoms with E-state index >= 15 is 0 Å². The number of benzene rings is 1. The highest BCUT2D eigenvalue weighted by Crippen LogP contribution is 2.50. The van der Waals surface area contributed by atoms with Crippen molar-refractivity contribution in [3.05, 3.63) is 29.8 Å². The van der Waals surface area contributed by atoms with Crippen molar-refractivity contribution in [2.75, 3.05) is 13.7 Å². The van der Waals surface area contributed by atoms with Gasteiger partial charge in [0.25, 0.3) is 0 Å². The van der Waals surface area contributed by atoms with Gasteiger partial charge in [-0.3, -0.25) is 4.79 Å². The van der Waals surface area contributed by atoms with Gasteiger partial charge in [-0.2, -0.15) is 13.2 Å². The first-order chi connectivity index (χ1) is 8.89. The van der Waals surface area contributed by atoms with Crippen LogP contribution in [0.15, 0.2) is 24.3 Å². The molecule has 1 aliphatic rings. The molecule has 0 saturated heterocycles. The maximum atomic E-state index is 12.2. The molecule has 1 amide bonds. The van der Waals surface area contributed by atoms with Crippen LogP contribution in [-0.4, -0.2) is 25.7 Å². The van der Waals surface area contributed by atoms with Crippen LogP contribution in [0.25, 0.3) is 0 Å². The molecule has 3 nitrogen and oxygen atoms in total. The van der Waals surface area contributed by atoms with Gasteiger partial charge in [0.1, 0.15) is 5.75 Å². The number of hydrogen-bond donors (Lipinski definition) is 1. The number of methoxy groups -OCH3 is 1. The van der Waals surface area contributed by atoms with E-state index in [0.29, 0.717) is 5.75 Å². The maximum Gasteiger partial charge on any atom is 0.471 e. The molecule has 1 saturated carbocycles. The van der Waals surface area contributed by atoms with Gasteiger partial charge in [-0.05, 0) is 18.9 Å². The van der Waals surface area contributed by atoms with Gasteiger partial charge in [0.2, 0.25) is 0 Å². The Balaban J connectivity index is 2.10. The van der Waals surface area contributed by atoms with Gasteiger partial charge in [-0.1, -0.05) is 18.2 Å². The highest BCUT2D eigenvalue weighted by Gasteiger charge is 2.48. The quantitative estimate of drug-likeness (QED) is 0.914. The third-order valence-corrected chi connectivity index (χ3v) is 3.38. The van der Waals surface area contributed by atoms with E-state index in [2.05, 4.69) is 0 Å². The van der Waals surface area contributed by atoms with E-state index in [4.69, 9.17) is 4.74 Å². The standard InChI is InChI=1S/C13H14F3NO2/c1-19-10-5-3-2-4-9(10)12(6-7-12)8-17-11(18)13(14,15)16/h2-5H,6-8H2,1H3,(H,17,18). The van der Waals surface area contributed by atoms with Crippen molar-refractivity contribution in [1.82, 2.24) is 5.32 Å². The normalized spacial score (nSPS) is 16.8. The first-order valence-electron chi connectivity index (χ1n) is 5.88. The lowest BCUT2D eigenvalue weighted by molar-refractivity contribution is -0.173. The van der Waals surface area contributed by atoms with Crippen molar-refractivity contribution >= 4 is 5.91 Å². The first kappa shape index (κ1) is 13.7. The Hall–Kier alpha value is -1.72. The van der Waals surface area contributed by atoms with E-state index in [1.165, 1.54) is 7.11 Å². The molecule has 1 fully saturated rings. The number of rotatable bonds is 4. The fraction of sp³-hybridized carbons (Fsp3) is 0.462. The lowest BCUT2D eigenvalue weighted by Gasteiger charge is -2.19. The fourth-order valence-corrected chi connectivity index (χ4v) is 2.12. The Bertz CT molecular complexity index is 481. The average Bonchev–Trinajstić information content (AvgIpc) is 3.16. The Morgan fingerprint density at radius 1 is 1.37 bits per heavy atom. The summed E-state index contributed by atoms with van der Waals surface area (Å²) in [6.45, 7) is -0.0221. The maximum absolute atomic E-state index is 12.2. The molecule has 1 N–H and O–H groups in total. The van der Waals surface area contributed by atoms with Gasteiger partial charge in [-0.15, -0.1) is 0 Å². The lowest BCUT2D eigenvalue weighted by atomic mass is 9.95. The van der Waals surface area contributed by atoms with Crippen LogP contribution in [0.4, 0.5) is 13.2 Å². The highest BCUT2D eigenvalue weighted by atomic mass is 19.4. The summed E-state index contributed by atoms with van der Waals surface area (Å²) in [6, 6.07) is 7.20. The fourth-order valence-electron chi connectivity index (χ4n) is 2.12. The number of carbonyl (C=O) groups is 1. The second-order valence-corrected chi connectivity index (χ2v) is 4.66. The Morgan fingerprint density at radius 3 is 2.53 bits per heavy atom. The zero-order valence-electron chi connectivity index (χ0n) is 10.4. The molecular formula is C13H14F3NO2. The number of para-hydroxylation sites is 1. The average molecular weight is 273 g/mol. The van der Waals surface area contributed by atoms with Crippen LogP contribution < -0.4 is 10.1 Å². The van der Waals surface area contributed by atoms with Crippen molar-refractivity contribution in [2.45, 2.75) is 24.4 Å². The number of carbonyl (C=O) groups excluding carboxylic acids is 1. The van der Waals surface area contributed by atoms with Crippen LogP contribution in [0.1, 0.15) is 18.4 Å². The summed E-state index contributed by atoms with van der Waals surface area (Å²) in [7, 11) is 1.52. The summed E-state index contributed by atoms with van der Waals surface area (Å²) in [5.74, 6) is -1.25. The van der Waals surface area contributed by atoms with E-state index in [-0.39, 0.29) is 6.54 Å². The second-order valence-electron chi connectivity index (χ2n) is 4.66. The molecule has 104 valence electrons. The van der Waals surface area contributed by atoms with Crippen LogP contribution in [-0.2, 0) is 10.2 Å². The number of amides is 1. The van der Waals surface area contributed by atoms with Crippen molar-refractivity contribution in [3.8, 4) is 5.75 Å². The minimum absolute atomic E-state index is 0.0221. The number of alkyl halides is 3. The first-order valence-corrected chi connectivity index (χ1v) is 5.88. The minimum Gasteiger partial charge on any atom is -0.496 e.